The van der Waals surface area contributed by atoms with Crippen LogP contribution in [-0.4, -0.2) is 24.5 Å². The normalized spacial score (nSPS) is 15.3. The van der Waals surface area contributed by atoms with Gasteiger partial charge in [0, 0.05) is 19.6 Å². The molecule has 0 aromatic heterocycles. The van der Waals surface area contributed by atoms with E-state index in [1.165, 1.54) is 30.5 Å². The minimum Gasteiger partial charge on any atom is -0.313 e. The molecule has 0 saturated heterocycles. The zero-order valence-electron chi connectivity index (χ0n) is 11.8. The van der Waals surface area contributed by atoms with Gasteiger partial charge in [0.2, 0.25) is 0 Å². The third kappa shape index (κ3) is 4.43. The van der Waals surface area contributed by atoms with E-state index in [2.05, 4.69) is 48.3 Å². The highest BCUT2D eigenvalue weighted by molar-refractivity contribution is 5.23. The fourth-order valence-corrected chi connectivity index (χ4v) is 2.34. The fourth-order valence-electron chi connectivity index (χ4n) is 2.34. The van der Waals surface area contributed by atoms with Crippen LogP contribution in [0.3, 0.4) is 0 Å². The van der Waals surface area contributed by atoms with E-state index in [1.807, 2.05) is 0 Å². The van der Waals surface area contributed by atoms with Crippen molar-refractivity contribution in [3.05, 3.63) is 35.4 Å². The van der Waals surface area contributed by atoms with Gasteiger partial charge in [-0.2, -0.15) is 0 Å². The monoisotopic (exact) mass is 246 g/mol. The molecule has 0 radical (unpaired) electrons. The lowest BCUT2D eigenvalue weighted by molar-refractivity contribution is 0.268. The number of nitrogens with one attached hydrogen (secondary N) is 1. The zero-order chi connectivity index (χ0) is 12.8. The molecule has 0 aliphatic heterocycles. The first-order chi connectivity index (χ1) is 8.81. The number of hydrogen-bond donors (Lipinski definition) is 1. The summed E-state index contributed by atoms with van der Waals surface area (Å²) >= 11 is 0. The second-order valence-corrected chi connectivity index (χ2v) is 5.37. The minimum absolute atomic E-state index is 0.981. The Morgan fingerprint density at radius 3 is 2.67 bits per heavy atom. The Labute approximate surface area is 111 Å². The van der Waals surface area contributed by atoms with Crippen molar-refractivity contribution in [1.29, 1.82) is 0 Å². The van der Waals surface area contributed by atoms with E-state index < -0.39 is 0 Å². The molecule has 1 aliphatic carbocycles. The summed E-state index contributed by atoms with van der Waals surface area (Å²) in [6.45, 7) is 9.99. The van der Waals surface area contributed by atoms with E-state index in [9.17, 15) is 0 Å². The molecule has 18 heavy (non-hydrogen) atoms. The van der Waals surface area contributed by atoms with Crippen LogP contribution in [0.1, 0.15) is 37.8 Å². The topological polar surface area (TPSA) is 15.3 Å². The molecule has 0 amide bonds. The summed E-state index contributed by atoms with van der Waals surface area (Å²) in [6, 6.07) is 9.00. The van der Waals surface area contributed by atoms with E-state index in [1.54, 1.807) is 0 Å². The lowest BCUT2D eigenvalue weighted by Crippen LogP contribution is -2.25. The smallest absolute Gasteiger partial charge is 0.0233 e. The predicted octanol–water partition coefficient (Wildman–Crippen LogP) is 3.03. The molecule has 0 atom stereocenters. The molecule has 1 aromatic rings. The standard InChI is InChI=1S/C16H26N2/c1-3-17-11-15-6-5-7-16(10-15)13-18(4-2)12-14-8-9-14/h5-7,10,14,17H,3-4,8-9,11-13H2,1-2H3. The van der Waals surface area contributed by atoms with Crippen molar-refractivity contribution in [1.82, 2.24) is 10.2 Å². The van der Waals surface area contributed by atoms with Crippen LogP contribution in [0.25, 0.3) is 0 Å². The van der Waals surface area contributed by atoms with Crippen LogP contribution < -0.4 is 5.32 Å². The average molecular weight is 246 g/mol. The van der Waals surface area contributed by atoms with Gasteiger partial charge in [0.1, 0.15) is 0 Å². The van der Waals surface area contributed by atoms with Crippen molar-refractivity contribution >= 4 is 0 Å². The Balaban J connectivity index is 1.89. The second kappa shape index (κ2) is 6.91. The van der Waals surface area contributed by atoms with Crippen LogP contribution in [0, 0.1) is 5.92 Å². The molecule has 0 bridgehead atoms. The molecular weight excluding hydrogens is 220 g/mol. The molecule has 1 aliphatic rings. The Bertz CT molecular complexity index is 358. The van der Waals surface area contributed by atoms with Gasteiger partial charge < -0.3 is 5.32 Å². The summed E-state index contributed by atoms with van der Waals surface area (Å²) in [4.78, 5) is 2.57. The molecule has 0 heterocycles. The summed E-state index contributed by atoms with van der Waals surface area (Å²) in [5.74, 6) is 0.981. The van der Waals surface area contributed by atoms with Crippen molar-refractivity contribution in [3.63, 3.8) is 0 Å². The number of hydrogen-bond acceptors (Lipinski definition) is 2. The lowest BCUT2D eigenvalue weighted by atomic mass is 10.1. The molecule has 1 fully saturated rings. The first-order valence-corrected chi connectivity index (χ1v) is 7.32. The van der Waals surface area contributed by atoms with Gasteiger partial charge in [0.15, 0.2) is 0 Å². The highest BCUT2D eigenvalue weighted by Crippen LogP contribution is 2.30. The molecule has 2 rings (SSSR count). The van der Waals surface area contributed by atoms with E-state index in [0.29, 0.717) is 0 Å². The molecule has 1 saturated carbocycles. The maximum absolute atomic E-state index is 3.39. The van der Waals surface area contributed by atoms with Gasteiger partial charge in [-0.15, -0.1) is 0 Å². The number of nitrogens with zero attached hydrogens (tertiary/aromatic N) is 1. The van der Waals surface area contributed by atoms with E-state index in [0.717, 1.165) is 32.1 Å². The van der Waals surface area contributed by atoms with Gasteiger partial charge in [-0.1, -0.05) is 38.1 Å². The quantitative estimate of drug-likeness (QED) is 0.758. The first kappa shape index (κ1) is 13.6. The molecule has 0 spiro atoms. The third-order valence-corrected chi connectivity index (χ3v) is 3.64. The Kier molecular flexibility index (Phi) is 5.21. The third-order valence-electron chi connectivity index (χ3n) is 3.64. The summed E-state index contributed by atoms with van der Waals surface area (Å²) < 4.78 is 0. The zero-order valence-corrected chi connectivity index (χ0v) is 11.8. The van der Waals surface area contributed by atoms with Crippen LogP contribution >= 0.6 is 0 Å². The molecular formula is C16H26N2. The van der Waals surface area contributed by atoms with E-state index in [-0.39, 0.29) is 0 Å². The fraction of sp³-hybridized carbons (Fsp3) is 0.625. The summed E-state index contributed by atoms with van der Waals surface area (Å²) in [5.41, 5.74) is 2.85. The lowest BCUT2D eigenvalue weighted by Gasteiger charge is -2.20. The number of benzene rings is 1. The maximum atomic E-state index is 3.39. The maximum Gasteiger partial charge on any atom is 0.0233 e. The highest BCUT2D eigenvalue weighted by Gasteiger charge is 2.23. The molecule has 2 heteroatoms. The minimum atomic E-state index is 0.981. The van der Waals surface area contributed by atoms with Crippen LogP contribution in [0.4, 0.5) is 0 Å². The molecule has 0 unspecified atom stereocenters. The van der Waals surface area contributed by atoms with Gasteiger partial charge in [0.25, 0.3) is 0 Å². The van der Waals surface area contributed by atoms with Gasteiger partial charge in [0.05, 0.1) is 0 Å². The van der Waals surface area contributed by atoms with Crippen molar-refractivity contribution in [2.45, 2.75) is 39.8 Å². The Morgan fingerprint density at radius 1 is 1.22 bits per heavy atom. The van der Waals surface area contributed by atoms with Crippen molar-refractivity contribution in [2.24, 2.45) is 5.92 Å². The largest absolute Gasteiger partial charge is 0.313 e. The van der Waals surface area contributed by atoms with Gasteiger partial charge in [-0.25, -0.2) is 0 Å². The molecule has 2 nitrogen and oxygen atoms in total. The van der Waals surface area contributed by atoms with Crippen molar-refractivity contribution in [3.8, 4) is 0 Å². The van der Waals surface area contributed by atoms with Crippen LogP contribution in [-0.2, 0) is 13.1 Å². The Hall–Kier alpha value is -0.860. The van der Waals surface area contributed by atoms with Crippen molar-refractivity contribution in [2.75, 3.05) is 19.6 Å². The Morgan fingerprint density at radius 2 is 2.00 bits per heavy atom. The van der Waals surface area contributed by atoms with Gasteiger partial charge >= 0.3 is 0 Å². The van der Waals surface area contributed by atoms with E-state index in [4.69, 9.17) is 0 Å². The summed E-state index contributed by atoms with van der Waals surface area (Å²) in [6.07, 6.45) is 2.88. The molecule has 100 valence electrons. The SMILES string of the molecule is CCNCc1cccc(CN(CC)CC2CC2)c1. The van der Waals surface area contributed by atoms with Crippen molar-refractivity contribution < 1.29 is 0 Å². The average Bonchev–Trinajstić information content (AvgIpc) is 3.20. The molecule has 1 aromatic carbocycles. The van der Waals surface area contributed by atoms with Gasteiger partial charge in [-0.05, 0) is 43.0 Å². The second-order valence-electron chi connectivity index (χ2n) is 5.37. The molecule has 1 N–H and O–H groups in total. The first-order valence-electron chi connectivity index (χ1n) is 7.32. The summed E-state index contributed by atoms with van der Waals surface area (Å²) in [7, 11) is 0. The van der Waals surface area contributed by atoms with Crippen LogP contribution in [0.15, 0.2) is 24.3 Å². The predicted molar refractivity (Wildman–Crippen MR) is 77.5 cm³/mol. The van der Waals surface area contributed by atoms with Crippen LogP contribution in [0.5, 0.6) is 0 Å². The van der Waals surface area contributed by atoms with Crippen LogP contribution in [0.2, 0.25) is 0 Å². The van der Waals surface area contributed by atoms with E-state index >= 15 is 0 Å². The number of rotatable bonds is 8. The van der Waals surface area contributed by atoms with Gasteiger partial charge in [-0.3, -0.25) is 4.90 Å². The summed E-state index contributed by atoms with van der Waals surface area (Å²) in [5, 5.41) is 3.39. The highest BCUT2D eigenvalue weighted by atomic mass is 15.1.